The van der Waals surface area contributed by atoms with Crippen molar-refractivity contribution in [3.63, 3.8) is 0 Å². The Morgan fingerprint density at radius 2 is 2.14 bits per heavy atom. The smallest absolute Gasteiger partial charge is 0.433 e. The lowest BCUT2D eigenvalue weighted by molar-refractivity contribution is -0.141. The summed E-state index contributed by atoms with van der Waals surface area (Å²) in [6, 6.07) is 1.47. The summed E-state index contributed by atoms with van der Waals surface area (Å²) in [7, 11) is 0. The Balaban J connectivity index is 2.16. The predicted molar refractivity (Wildman–Crippen MR) is 62.7 cm³/mol. The molecule has 0 unspecified atom stereocenters. The lowest BCUT2D eigenvalue weighted by Crippen LogP contribution is -2.15. The van der Waals surface area contributed by atoms with Gasteiger partial charge in [-0.15, -0.1) is 0 Å². The molecule has 0 aromatic carbocycles. The van der Waals surface area contributed by atoms with Crippen molar-refractivity contribution in [1.82, 2.24) is 15.1 Å². The second-order valence-electron chi connectivity index (χ2n) is 3.92. The van der Waals surface area contributed by atoms with E-state index in [1.807, 2.05) is 0 Å². The summed E-state index contributed by atoms with van der Waals surface area (Å²) in [6.45, 7) is 0.105. The van der Waals surface area contributed by atoms with E-state index in [0.29, 0.717) is 11.9 Å². The standard InChI is InChI=1S/C11H9F3N4O3/c12-11(13,14)7-2-1-6(10(19)20)9(17-7)15-4-3-8-16-5-21-18-8/h1-2,5H,3-4H2,(H,15,17)(H,19,20). The first-order valence-corrected chi connectivity index (χ1v) is 5.68. The van der Waals surface area contributed by atoms with Crippen LogP contribution in [0.1, 0.15) is 21.9 Å². The third-order valence-electron chi connectivity index (χ3n) is 2.46. The molecule has 2 aromatic heterocycles. The van der Waals surface area contributed by atoms with Crippen LogP contribution in [0.15, 0.2) is 23.0 Å². The highest BCUT2D eigenvalue weighted by atomic mass is 19.4. The predicted octanol–water partition coefficient (Wildman–Crippen LogP) is 1.84. The Hall–Kier alpha value is -2.65. The van der Waals surface area contributed by atoms with Crippen molar-refractivity contribution < 1.29 is 27.6 Å². The van der Waals surface area contributed by atoms with E-state index in [2.05, 4.69) is 25.0 Å². The fourth-order valence-electron chi connectivity index (χ4n) is 1.52. The molecule has 21 heavy (non-hydrogen) atoms. The minimum atomic E-state index is -4.65. The number of hydrogen-bond donors (Lipinski definition) is 2. The first-order valence-electron chi connectivity index (χ1n) is 5.68. The first-order chi connectivity index (χ1) is 9.88. The molecule has 0 aliphatic rings. The maximum atomic E-state index is 12.6. The van der Waals surface area contributed by atoms with E-state index < -0.39 is 17.8 Å². The van der Waals surface area contributed by atoms with Crippen LogP contribution in [-0.2, 0) is 12.6 Å². The number of pyridine rings is 1. The summed E-state index contributed by atoms with van der Waals surface area (Å²) in [4.78, 5) is 18.0. The second kappa shape index (κ2) is 5.77. The van der Waals surface area contributed by atoms with Crippen LogP contribution in [0.25, 0.3) is 0 Å². The van der Waals surface area contributed by atoms with Crippen molar-refractivity contribution in [2.45, 2.75) is 12.6 Å². The molecule has 0 saturated carbocycles. The van der Waals surface area contributed by atoms with Crippen molar-refractivity contribution in [2.24, 2.45) is 0 Å². The number of anilines is 1. The van der Waals surface area contributed by atoms with Gasteiger partial charge in [-0.25, -0.2) is 9.78 Å². The SMILES string of the molecule is O=C(O)c1ccc(C(F)(F)F)nc1NCCc1ncon1. The number of nitrogens with one attached hydrogen (secondary N) is 1. The van der Waals surface area contributed by atoms with Gasteiger partial charge in [0.25, 0.3) is 0 Å². The zero-order chi connectivity index (χ0) is 15.5. The molecule has 0 bridgehead atoms. The molecule has 0 radical (unpaired) electrons. The number of carbonyl (C=O) groups is 1. The van der Waals surface area contributed by atoms with E-state index in [1.54, 1.807) is 0 Å². The number of aromatic nitrogens is 3. The third-order valence-corrected chi connectivity index (χ3v) is 2.46. The topological polar surface area (TPSA) is 101 Å². The largest absolute Gasteiger partial charge is 0.478 e. The molecule has 2 heterocycles. The normalized spacial score (nSPS) is 11.4. The Bertz CT molecular complexity index is 628. The van der Waals surface area contributed by atoms with Gasteiger partial charge < -0.3 is 14.9 Å². The molecular weight excluding hydrogens is 293 g/mol. The van der Waals surface area contributed by atoms with E-state index in [0.717, 1.165) is 12.5 Å². The van der Waals surface area contributed by atoms with Gasteiger partial charge in [0.2, 0.25) is 6.39 Å². The number of halogens is 3. The molecule has 0 aliphatic heterocycles. The minimum absolute atomic E-state index is 0.105. The van der Waals surface area contributed by atoms with Gasteiger partial charge in [0.1, 0.15) is 17.1 Å². The van der Waals surface area contributed by atoms with Crippen LogP contribution in [0, 0.1) is 0 Å². The van der Waals surface area contributed by atoms with E-state index >= 15 is 0 Å². The van der Waals surface area contributed by atoms with Crippen molar-refractivity contribution in [1.29, 1.82) is 0 Å². The molecule has 2 aromatic rings. The summed E-state index contributed by atoms with van der Waals surface area (Å²) < 4.78 is 42.2. The number of alkyl halides is 3. The molecule has 2 N–H and O–H groups in total. The van der Waals surface area contributed by atoms with Crippen LogP contribution in [0.3, 0.4) is 0 Å². The molecule has 0 spiro atoms. The zero-order valence-electron chi connectivity index (χ0n) is 10.4. The quantitative estimate of drug-likeness (QED) is 0.868. The molecule has 10 heteroatoms. The maximum absolute atomic E-state index is 12.6. The highest BCUT2D eigenvalue weighted by molar-refractivity contribution is 5.93. The van der Waals surface area contributed by atoms with Crippen molar-refractivity contribution in [3.8, 4) is 0 Å². The number of rotatable bonds is 5. The van der Waals surface area contributed by atoms with Gasteiger partial charge in [0.05, 0.1) is 0 Å². The molecule has 0 fully saturated rings. The zero-order valence-corrected chi connectivity index (χ0v) is 10.4. The molecule has 112 valence electrons. The van der Waals surface area contributed by atoms with Crippen LogP contribution in [0.4, 0.5) is 19.0 Å². The highest BCUT2D eigenvalue weighted by Gasteiger charge is 2.33. The number of aromatic carboxylic acids is 1. The van der Waals surface area contributed by atoms with Gasteiger partial charge >= 0.3 is 12.1 Å². The van der Waals surface area contributed by atoms with E-state index in [4.69, 9.17) is 5.11 Å². The fourth-order valence-corrected chi connectivity index (χ4v) is 1.52. The number of carboxylic acid groups (broad SMARTS) is 1. The van der Waals surface area contributed by atoms with Gasteiger partial charge in [-0.05, 0) is 12.1 Å². The summed E-state index contributed by atoms with van der Waals surface area (Å²) in [5.74, 6) is -1.40. The van der Waals surface area contributed by atoms with E-state index in [1.165, 1.54) is 0 Å². The minimum Gasteiger partial charge on any atom is -0.478 e. The molecule has 0 aliphatic carbocycles. The van der Waals surface area contributed by atoms with Gasteiger partial charge in [-0.1, -0.05) is 5.16 Å². The Labute approximate surface area is 115 Å². The molecule has 0 saturated heterocycles. The summed E-state index contributed by atoms with van der Waals surface area (Å²) >= 11 is 0. The lowest BCUT2D eigenvalue weighted by atomic mass is 10.2. The lowest BCUT2D eigenvalue weighted by Gasteiger charge is -2.11. The summed E-state index contributed by atoms with van der Waals surface area (Å²) in [6.07, 6.45) is -3.30. The van der Waals surface area contributed by atoms with Crippen LogP contribution in [0.2, 0.25) is 0 Å². The maximum Gasteiger partial charge on any atom is 0.433 e. The Morgan fingerprint density at radius 3 is 2.71 bits per heavy atom. The van der Waals surface area contributed by atoms with Crippen LogP contribution < -0.4 is 5.32 Å². The molecule has 0 amide bonds. The monoisotopic (exact) mass is 302 g/mol. The van der Waals surface area contributed by atoms with Crippen molar-refractivity contribution >= 4 is 11.8 Å². The van der Waals surface area contributed by atoms with E-state index in [-0.39, 0.29) is 24.3 Å². The van der Waals surface area contributed by atoms with Crippen LogP contribution >= 0.6 is 0 Å². The number of nitrogens with zero attached hydrogens (tertiary/aromatic N) is 3. The Kier molecular flexibility index (Phi) is 4.05. The van der Waals surface area contributed by atoms with Crippen molar-refractivity contribution in [2.75, 3.05) is 11.9 Å². The summed E-state index contributed by atoms with van der Waals surface area (Å²) in [5.41, 5.74) is -1.52. The average molecular weight is 302 g/mol. The number of hydrogen-bond acceptors (Lipinski definition) is 6. The van der Waals surface area contributed by atoms with Gasteiger partial charge in [-0.3, -0.25) is 0 Å². The molecule has 0 atom stereocenters. The average Bonchev–Trinajstić information content (AvgIpc) is 2.90. The molecular formula is C11H9F3N4O3. The highest BCUT2D eigenvalue weighted by Crippen LogP contribution is 2.29. The van der Waals surface area contributed by atoms with Crippen LogP contribution in [0.5, 0.6) is 0 Å². The second-order valence-corrected chi connectivity index (χ2v) is 3.92. The fraction of sp³-hybridized carbons (Fsp3) is 0.273. The van der Waals surface area contributed by atoms with Gasteiger partial charge in [-0.2, -0.15) is 18.2 Å². The van der Waals surface area contributed by atoms with Crippen LogP contribution in [-0.4, -0.2) is 32.7 Å². The van der Waals surface area contributed by atoms with E-state index in [9.17, 15) is 18.0 Å². The Morgan fingerprint density at radius 1 is 1.38 bits per heavy atom. The first kappa shape index (κ1) is 14.8. The molecule has 2 rings (SSSR count). The van der Waals surface area contributed by atoms with Gasteiger partial charge in [0.15, 0.2) is 5.82 Å². The van der Waals surface area contributed by atoms with Gasteiger partial charge in [0, 0.05) is 13.0 Å². The third kappa shape index (κ3) is 3.68. The summed E-state index contributed by atoms with van der Waals surface area (Å²) in [5, 5.41) is 15.0. The number of carboxylic acids is 1. The molecule has 7 nitrogen and oxygen atoms in total. The van der Waals surface area contributed by atoms with Crippen molar-refractivity contribution in [3.05, 3.63) is 35.6 Å².